The second-order valence-electron chi connectivity index (χ2n) is 7.21. The van der Waals surface area contributed by atoms with Crippen LogP contribution in [0, 0.1) is 5.82 Å². The lowest BCUT2D eigenvalue weighted by Gasteiger charge is -2.18. The van der Waals surface area contributed by atoms with Gasteiger partial charge >= 0.3 is 5.97 Å². The van der Waals surface area contributed by atoms with Gasteiger partial charge in [0.25, 0.3) is 5.91 Å². The molecule has 1 aliphatic rings. The van der Waals surface area contributed by atoms with E-state index in [0.717, 1.165) is 29.7 Å². The molecule has 0 spiro atoms. The van der Waals surface area contributed by atoms with Gasteiger partial charge in [0.2, 0.25) is 0 Å². The van der Waals surface area contributed by atoms with Crippen LogP contribution in [0.15, 0.2) is 54.6 Å². The van der Waals surface area contributed by atoms with Crippen LogP contribution in [0.3, 0.4) is 0 Å². The summed E-state index contributed by atoms with van der Waals surface area (Å²) >= 11 is 0. The van der Waals surface area contributed by atoms with Crippen LogP contribution in [-0.2, 0) is 22.4 Å². The van der Waals surface area contributed by atoms with Crippen LogP contribution in [0.1, 0.15) is 46.2 Å². The van der Waals surface area contributed by atoms with E-state index >= 15 is 0 Å². The largest absolute Gasteiger partial charge is 0.469 e. The van der Waals surface area contributed by atoms with Gasteiger partial charge in [-0.2, -0.15) is 5.10 Å². The second kappa shape index (κ2) is 8.49. The van der Waals surface area contributed by atoms with Gasteiger partial charge in [0.1, 0.15) is 11.5 Å². The van der Waals surface area contributed by atoms with Crippen molar-refractivity contribution < 1.29 is 18.7 Å². The van der Waals surface area contributed by atoms with E-state index in [1.165, 1.54) is 17.9 Å². The third-order valence-corrected chi connectivity index (χ3v) is 5.33. The first kappa shape index (κ1) is 19.8. The average Bonchev–Trinajstić information content (AvgIpc) is 3.37. The number of nitrogens with zero attached hydrogens (tertiary/aromatic N) is 2. The Morgan fingerprint density at radius 2 is 1.87 bits per heavy atom. The van der Waals surface area contributed by atoms with Gasteiger partial charge in [0.05, 0.1) is 19.6 Å². The number of nitrogens with one attached hydrogen (secondary N) is 1. The molecule has 0 saturated heterocycles. The number of carbonyl (C=O) groups is 2. The highest BCUT2D eigenvalue weighted by Gasteiger charge is 2.29. The summed E-state index contributed by atoms with van der Waals surface area (Å²) in [4.78, 5) is 25.0. The second-order valence-corrected chi connectivity index (χ2v) is 7.21. The van der Waals surface area contributed by atoms with Crippen molar-refractivity contribution in [3.63, 3.8) is 0 Å². The van der Waals surface area contributed by atoms with Gasteiger partial charge < -0.3 is 10.1 Å². The van der Waals surface area contributed by atoms with Crippen molar-refractivity contribution in [2.45, 2.75) is 31.7 Å². The molecule has 154 valence electrons. The third kappa shape index (κ3) is 3.83. The van der Waals surface area contributed by atoms with Crippen molar-refractivity contribution in [1.82, 2.24) is 15.1 Å². The van der Waals surface area contributed by atoms with Crippen LogP contribution in [0.5, 0.6) is 0 Å². The number of amides is 1. The van der Waals surface area contributed by atoms with E-state index in [1.54, 1.807) is 18.2 Å². The number of aromatic nitrogens is 2. The minimum Gasteiger partial charge on any atom is -0.469 e. The van der Waals surface area contributed by atoms with Crippen molar-refractivity contribution in [1.29, 1.82) is 0 Å². The first-order valence-corrected chi connectivity index (χ1v) is 9.86. The van der Waals surface area contributed by atoms with Crippen molar-refractivity contribution in [2.75, 3.05) is 7.11 Å². The number of esters is 1. The van der Waals surface area contributed by atoms with Crippen LogP contribution >= 0.6 is 0 Å². The van der Waals surface area contributed by atoms with E-state index in [2.05, 4.69) is 10.4 Å². The number of para-hydroxylation sites is 1. The molecule has 1 heterocycles. The summed E-state index contributed by atoms with van der Waals surface area (Å²) in [5.41, 5.74) is 3.08. The average molecular weight is 407 g/mol. The summed E-state index contributed by atoms with van der Waals surface area (Å²) in [6.45, 7) is 0. The van der Waals surface area contributed by atoms with E-state index < -0.39 is 17.8 Å². The molecule has 1 atom stereocenters. The van der Waals surface area contributed by atoms with E-state index in [1.807, 2.05) is 30.3 Å². The molecule has 30 heavy (non-hydrogen) atoms. The molecule has 6 nitrogen and oxygen atoms in total. The lowest BCUT2D eigenvalue weighted by Crippen LogP contribution is -2.31. The molecule has 1 aliphatic carbocycles. The normalized spacial score (nSPS) is 13.5. The Hall–Kier alpha value is -3.48. The summed E-state index contributed by atoms with van der Waals surface area (Å²) < 4.78 is 20.7. The van der Waals surface area contributed by atoms with Gasteiger partial charge in [-0.15, -0.1) is 0 Å². The maximum absolute atomic E-state index is 14.4. The number of fused-ring (bicyclic) bond motifs is 1. The Bertz CT molecular complexity index is 1080. The van der Waals surface area contributed by atoms with Gasteiger partial charge in [0, 0.05) is 11.3 Å². The Balaban J connectivity index is 1.67. The van der Waals surface area contributed by atoms with Gasteiger partial charge in [-0.1, -0.05) is 42.5 Å². The van der Waals surface area contributed by atoms with Crippen molar-refractivity contribution >= 4 is 11.9 Å². The van der Waals surface area contributed by atoms with Gasteiger partial charge in [0.15, 0.2) is 5.69 Å². The molecule has 0 fully saturated rings. The van der Waals surface area contributed by atoms with Gasteiger partial charge in [-0.05, 0) is 37.0 Å². The molecule has 0 bridgehead atoms. The van der Waals surface area contributed by atoms with Crippen LogP contribution in [0.25, 0.3) is 5.69 Å². The summed E-state index contributed by atoms with van der Waals surface area (Å²) in [6, 6.07) is 15.1. The van der Waals surface area contributed by atoms with Gasteiger partial charge in [-0.25, -0.2) is 9.07 Å². The molecule has 1 unspecified atom stereocenters. The standard InChI is InChI=1S/C23H22FN3O3/c1-30-21(28)14-18(15-8-3-2-4-9-15)25-23(29)22-16-10-7-13-19(16)27(26-22)20-12-6-5-11-17(20)24/h2-6,8-9,11-12,18H,7,10,13-14H2,1H3,(H,25,29). The van der Waals surface area contributed by atoms with Crippen LogP contribution in [0.4, 0.5) is 4.39 Å². The molecule has 2 aromatic carbocycles. The molecule has 1 aromatic heterocycles. The number of ether oxygens (including phenoxy) is 1. The highest BCUT2D eigenvalue weighted by atomic mass is 19.1. The van der Waals surface area contributed by atoms with Crippen LogP contribution < -0.4 is 5.32 Å². The fourth-order valence-corrected chi connectivity index (χ4v) is 3.86. The molecular formula is C23H22FN3O3. The summed E-state index contributed by atoms with van der Waals surface area (Å²) in [6.07, 6.45) is 2.32. The number of benzene rings is 2. The van der Waals surface area contributed by atoms with Crippen molar-refractivity contribution in [2.24, 2.45) is 0 Å². The molecule has 4 rings (SSSR count). The highest BCUT2D eigenvalue weighted by Crippen LogP contribution is 2.29. The molecule has 7 heteroatoms. The summed E-state index contributed by atoms with van der Waals surface area (Å²) in [5, 5.41) is 7.37. The summed E-state index contributed by atoms with van der Waals surface area (Å²) in [5.74, 6) is -1.21. The Kier molecular flexibility index (Phi) is 5.61. The Morgan fingerprint density at radius 3 is 2.60 bits per heavy atom. The lowest BCUT2D eigenvalue weighted by molar-refractivity contribution is -0.141. The maximum atomic E-state index is 14.4. The smallest absolute Gasteiger partial charge is 0.307 e. The van der Waals surface area contributed by atoms with E-state index in [9.17, 15) is 14.0 Å². The molecule has 0 radical (unpaired) electrons. The van der Waals surface area contributed by atoms with Gasteiger partial charge in [-0.3, -0.25) is 9.59 Å². The number of hydrogen-bond acceptors (Lipinski definition) is 4. The van der Waals surface area contributed by atoms with E-state index in [4.69, 9.17) is 4.74 Å². The zero-order valence-electron chi connectivity index (χ0n) is 16.6. The van der Waals surface area contributed by atoms with Crippen LogP contribution in [-0.4, -0.2) is 28.8 Å². The topological polar surface area (TPSA) is 73.2 Å². The molecule has 1 N–H and O–H groups in total. The minimum atomic E-state index is -0.554. The van der Waals surface area contributed by atoms with E-state index in [-0.39, 0.29) is 18.0 Å². The number of methoxy groups -OCH3 is 1. The predicted octanol–water partition coefficient (Wildman–Crippen LogP) is 3.53. The molecule has 0 aliphatic heterocycles. The SMILES string of the molecule is COC(=O)CC(NC(=O)c1nn(-c2ccccc2F)c2c1CCC2)c1ccccc1. The van der Waals surface area contributed by atoms with Crippen molar-refractivity contribution in [3.8, 4) is 5.69 Å². The lowest BCUT2D eigenvalue weighted by atomic mass is 10.0. The quantitative estimate of drug-likeness (QED) is 0.635. The molecule has 1 amide bonds. The fourth-order valence-electron chi connectivity index (χ4n) is 3.86. The third-order valence-electron chi connectivity index (χ3n) is 5.33. The molecule has 0 saturated carbocycles. The summed E-state index contributed by atoms with van der Waals surface area (Å²) in [7, 11) is 1.31. The number of rotatable bonds is 6. The Morgan fingerprint density at radius 1 is 1.13 bits per heavy atom. The maximum Gasteiger partial charge on any atom is 0.307 e. The molecule has 3 aromatic rings. The molecular weight excluding hydrogens is 385 g/mol. The van der Waals surface area contributed by atoms with Crippen LogP contribution in [0.2, 0.25) is 0 Å². The zero-order chi connectivity index (χ0) is 21.1. The monoisotopic (exact) mass is 407 g/mol. The van der Waals surface area contributed by atoms with E-state index in [0.29, 0.717) is 12.1 Å². The highest BCUT2D eigenvalue weighted by molar-refractivity contribution is 5.95. The Labute approximate surface area is 173 Å². The fraction of sp³-hybridized carbons (Fsp3) is 0.261. The predicted molar refractivity (Wildman–Crippen MR) is 109 cm³/mol. The number of halogens is 1. The zero-order valence-corrected chi connectivity index (χ0v) is 16.6. The van der Waals surface area contributed by atoms with Crippen molar-refractivity contribution in [3.05, 3.63) is 82.9 Å². The number of hydrogen-bond donors (Lipinski definition) is 1. The number of carbonyl (C=O) groups excluding carboxylic acids is 2. The minimum absolute atomic E-state index is 0.00245. The first-order valence-electron chi connectivity index (χ1n) is 9.86. The first-order chi connectivity index (χ1) is 14.6.